The summed E-state index contributed by atoms with van der Waals surface area (Å²) in [5.74, 6) is 0. The first-order chi connectivity index (χ1) is 5.18. The molecule has 1 N–H and O–H groups in total. The Morgan fingerprint density at radius 1 is 1.27 bits per heavy atom. The van der Waals surface area contributed by atoms with Gasteiger partial charge in [0.2, 0.25) is 0 Å². The van der Waals surface area contributed by atoms with Gasteiger partial charge in [0, 0.05) is 0 Å². The predicted octanol–water partition coefficient (Wildman–Crippen LogP) is 1.57. The van der Waals surface area contributed by atoms with Gasteiger partial charge in [0.15, 0.2) is 0 Å². The van der Waals surface area contributed by atoms with E-state index in [1.807, 2.05) is 31.2 Å². The fourth-order valence-electron chi connectivity index (χ4n) is 0.847. The Balaban J connectivity index is 2.66. The summed E-state index contributed by atoms with van der Waals surface area (Å²) in [7, 11) is 0. The molecule has 0 saturated heterocycles. The monoisotopic (exact) mass is 150 g/mol. The van der Waals surface area contributed by atoms with Crippen LogP contribution in [0.4, 0.5) is 5.69 Å². The second-order valence-electron chi connectivity index (χ2n) is 2.60. The molecule has 1 radical (unpaired) electrons. The van der Waals surface area contributed by atoms with Crippen molar-refractivity contribution in [3.8, 4) is 0 Å². The van der Waals surface area contributed by atoms with Crippen LogP contribution in [-0.2, 0) is 0 Å². The van der Waals surface area contributed by atoms with Crippen LogP contribution in [0.2, 0.25) is 0 Å². The largest absolute Gasteiger partial charge is 0.372 e. The molecule has 0 heterocycles. The minimum absolute atomic E-state index is 0.613. The number of hydrogen-bond acceptors (Lipinski definition) is 1. The first-order valence-electron chi connectivity index (χ1n) is 3.64. The van der Waals surface area contributed by atoms with Crippen molar-refractivity contribution in [1.29, 1.82) is 0 Å². The zero-order valence-electron chi connectivity index (χ0n) is 6.78. The van der Waals surface area contributed by atoms with E-state index in [0.29, 0.717) is 0 Å². The van der Waals surface area contributed by atoms with Crippen LogP contribution in [0.3, 0.4) is 0 Å². The summed E-state index contributed by atoms with van der Waals surface area (Å²) in [6.45, 7) is 3.66. The summed E-state index contributed by atoms with van der Waals surface area (Å²) in [6.07, 6.45) is -0.613. The van der Waals surface area contributed by atoms with Crippen LogP contribution in [-0.4, -0.2) is 11.3 Å². The van der Waals surface area contributed by atoms with E-state index in [-0.39, 0.29) is 0 Å². The molecule has 1 aromatic rings. The van der Waals surface area contributed by atoms with Crippen LogP contribution < -0.4 is 5.32 Å². The van der Waals surface area contributed by atoms with Gasteiger partial charge in [-0.15, -0.1) is 0 Å². The maximum absolute atomic E-state index is 8.91. The predicted molar refractivity (Wildman–Crippen MR) is 44.7 cm³/mol. The molecule has 0 amide bonds. The van der Waals surface area contributed by atoms with Gasteiger partial charge in [-0.1, -0.05) is 17.7 Å². The van der Waals surface area contributed by atoms with Crippen molar-refractivity contribution in [3.05, 3.63) is 29.8 Å². The Morgan fingerprint density at radius 2 is 1.82 bits per heavy atom. The van der Waals surface area contributed by atoms with E-state index in [1.54, 1.807) is 6.92 Å². The van der Waals surface area contributed by atoms with Crippen molar-refractivity contribution in [2.75, 3.05) is 0 Å². The second-order valence-corrected chi connectivity index (χ2v) is 2.60. The van der Waals surface area contributed by atoms with E-state index >= 15 is 0 Å². The lowest BCUT2D eigenvalue weighted by Gasteiger charge is -2.04. The summed E-state index contributed by atoms with van der Waals surface area (Å²) in [5, 5.41) is 12.9. The van der Waals surface area contributed by atoms with Crippen LogP contribution in [0.15, 0.2) is 24.3 Å². The van der Waals surface area contributed by atoms with Crippen LogP contribution in [0, 0.1) is 6.92 Å². The minimum Gasteiger partial charge on any atom is -0.372 e. The molecule has 2 heteroatoms. The molecule has 0 fully saturated rings. The number of aliphatic hydroxyl groups excluding tert-OH is 1. The average molecular weight is 150 g/mol. The third-order valence-electron chi connectivity index (χ3n) is 1.37. The van der Waals surface area contributed by atoms with Crippen molar-refractivity contribution < 1.29 is 5.11 Å². The van der Waals surface area contributed by atoms with Crippen molar-refractivity contribution in [3.63, 3.8) is 0 Å². The van der Waals surface area contributed by atoms with Crippen molar-refractivity contribution in [2.45, 2.75) is 20.1 Å². The molecule has 1 unspecified atom stereocenters. The van der Waals surface area contributed by atoms with Crippen molar-refractivity contribution in [2.24, 2.45) is 0 Å². The first-order valence-corrected chi connectivity index (χ1v) is 3.64. The zero-order chi connectivity index (χ0) is 8.27. The molecule has 1 rings (SSSR count). The topological polar surface area (TPSA) is 34.3 Å². The third kappa shape index (κ3) is 2.60. The van der Waals surface area contributed by atoms with Gasteiger partial charge >= 0.3 is 0 Å². The Morgan fingerprint density at radius 3 is 2.27 bits per heavy atom. The maximum atomic E-state index is 8.91. The van der Waals surface area contributed by atoms with Gasteiger partial charge in [-0.05, 0) is 26.0 Å². The van der Waals surface area contributed by atoms with E-state index in [0.717, 1.165) is 5.69 Å². The molecule has 59 valence electrons. The molecule has 0 aliphatic heterocycles. The van der Waals surface area contributed by atoms with Crippen LogP contribution >= 0.6 is 0 Å². The molecule has 0 spiro atoms. The SMILES string of the molecule is Cc1ccc([N]C(C)O)cc1. The molecule has 0 aliphatic rings. The average Bonchev–Trinajstić information content (AvgIpc) is 1.93. The van der Waals surface area contributed by atoms with Gasteiger partial charge in [-0.3, -0.25) is 5.32 Å². The van der Waals surface area contributed by atoms with E-state index < -0.39 is 6.23 Å². The highest BCUT2D eigenvalue weighted by Gasteiger charge is 1.96. The number of aliphatic hydroxyl groups is 1. The minimum atomic E-state index is -0.613. The highest BCUT2D eigenvalue weighted by atomic mass is 16.3. The normalized spacial score (nSPS) is 12.6. The molecular weight excluding hydrogens is 138 g/mol. The van der Waals surface area contributed by atoms with Gasteiger partial charge in [0.25, 0.3) is 0 Å². The number of benzene rings is 1. The Kier molecular flexibility index (Phi) is 2.49. The first kappa shape index (κ1) is 8.08. The van der Waals surface area contributed by atoms with E-state index in [2.05, 4.69) is 5.32 Å². The number of nitrogens with zero attached hydrogens (tertiary/aromatic N) is 1. The lowest BCUT2D eigenvalue weighted by molar-refractivity contribution is 0.172. The highest BCUT2D eigenvalue weighted by Crippen LogP contribution is 2.08. The summed E-state index contributed by atoms with van der Waals surface area (Å²) in [4.78, 5) is 0. The van der Waals surface area contributed by atoms with Crippen molar-refractivity contribution >= 4 is 5.69 Å². The summed E-state index contributed by atoms with van der Waals surface area (Å²) in [5.41, 5.74) is 2.03. The smallest absolute Gasteiger partial charge is 0.143 e. The molecule has 1 atom stereocenters. The molecule has 11 heavy (non-hydrogen) atoms. The van der Waals surface area contributed by atoms with Crippen LogP contribution in [0.25, 0.3) is 0 Å². The zero-order valence-corrected chi connectivity index (χ0v) is 6.78. The number of hydrogen-bond donors (Lipinski definition) is 1. The van der Waals surface area contributed by atoms with Crippen LogP contribution in [0.1, 0.15) is 12.5 Å². The van der Waals surface area contributed by atoms with E-state index in [4.69, 9.17) is 5.11 Å². The van der Waals surface area contributed by atoms with E-state index in [1.165, 1.54) is 5.56 Å². The van der Waals surface area contributed by atoms with Gasteiger partial charge in [0.05, 0.1) is 5.69 Å². The Bertz CT molecular complexity index is 216. The van der Waals surface area contributed by atoms with Crippen molar-refractivity contribution in [1.82, 2.24) is 5.32 Å². The quantitative estimate of drug-likeness (QED) is 0.682. The van der Waals surface area contributed by atoms with Gasteiger partial charge < -0.3 is 5.11 Å². The number of rotatable bonds is 2. The van der Waals surface area contributed by atoms with Gasteiger partial charge in [-0.25, -0.2) is 0 Å². The molecule has 1 aromatic carbocycles. The summed E-state index contributed by atoms with van der Waals surface area (Å²) < 4.78 is 0. The fraction of sp³-hybridized carbons (Fsp3) is 0.333. The molecule has 0 aliphatic carbocycles. The molecule has 0 aromatic heterocycles. The third-order valence-corrected chi connectivity index (χ3v) is 1.37. The Hall–Kier alpha value is -1.02. The molecular formula is C9H12NO. The lowest BCUT2D eigenvalue weighted by atomic mass is 10.2. The Labute approximate surface area is 66.9 Å². The fourth-order valence-corrected chi connectivity index (χ4v) is 0.847. The molecule has 0 bridgehead atoms. The number of aryl methyl sites for hydroxylation is 1. The van der Waals surface area contributed by atoms with E-state index in [9.17, 15) is 0 Å². The molecule has 0 saturated carbocycles. The summed E-state index contributed by atoms with van der Waals surface area (Å²) in [6, 6.07) is 7.73. The summed E-state index contributed by atoms with van der Waals surface area (Å²) >= 11 is 0. The second kappa shape index (κ2) is 3.39. The van der Waals surface area contributed by atoms with Gasteiger partial charge in [0.1, 0.15) is 6.23 Å². The highest BCUT2D eigenvalue weighted by molar-refractivity contribution is 5.37. The van der Waals surface area contributed by atoms with Crippen LogP contribution in [0.5, 0.6) is 0 Å². The van der Waals surface area contributed by atoms with Gasteiger partial charge in [-0.2, -0.15) is 0 Å². The maximum Gasteiger partial charge on any atom is 0.143 e. The lowest BCUT2D eigenvalue weighted by Crippen LogP contribution is -2.11. The molecule has 2 nitrogen and oxygen atoms in total. The standard InChI is InChI=1S/C9H12NO/c1-7-3-5-9(6-4-7)10-8(2)11/h3-6,8,11H,1-2H3.